The number of carbonyl (C=O) groups excluding carboxylic acids is 2. The van der Waals surface area contributed by atoms with Crippen LogP contribution in [0.1, 0.15) is 40.0 Å². The first-order valence-corrected chi connectivity index (χ1v) is 7.11. The molecule has 2 rings (SSSR count). The van der Waals surface area contributed by atoms with Crippen molar-refractivity contribution in [3.8, 4) is 0 Å². The number of nitrogens with zero attached hydrogens (tertiary/aromatic N) is 1. The van der Waals surface area contributed by atoms with Gasteiger partial charge in [-0.25, -0.2) is 4.79 Å². The number of hydrogen-bond donors (Lipinski definition) is 0. The first-order valence-electron chi connectivity index (χ1n) is 6.57. The lowest BCUT2D eigenvalue weighted by molar-refractivity contribution is -0.147. The molecule has 5 nitrogen and oxygen atoms in total. The van der Waals surface area contributed by atoms with Crippen molar-refractivity contribution in [3.05, 3.63) is 0 Å². The van der Waals surface area contributed by atoms with Crippen molar-refractivity contribution in [2.75, 3.05) is 6.07 Å². The van der Waals surface area contributed by atoms with Crippen molar-refractivity contribution in [1.82, 2.24) is 4.90 Å². The SMILES string of the molecule is CC(C)(C)OC(=O)N1C2CCC1C(C(=O)OCCl)C2. The third kappa shape index (κ3) is 2.96. The van der Waals surface area contributed by atoms with E-state index in [4.69, 9.17) is 21.1 Å². The van der Waals surface area contributed by atoms with E-state index >= 15 is 0 Å². The second kappa shape index (κ2) is 5.19. The van der Waals surface area contributed by atoms with Crippen molar-refractivity contribution >= 4 is 23.7 Å². The van der Waals surface area contributed by atoms with Crippen LogP contribution >= 0.6 is 11.6 Å². The number of amides is 1. The molecule has 2 fully saturated rings. The molecule has 0 N–H and O–H groups in total. The van der Waals surface area contributed by atoms with Gasteiger partial charge in [0.05, 0.1) is 5.92 Å². The van der Waals surface area contributed by atoms with Gasteiger partial charge in [-0.1, -0.05) is 11.6 Å². The fourth-order valence-electron chi connectivity index (χ4n) is 3.00. The maximum Gasteiger partial charge on any atom is 0.410 e. The topological polar surface area (TPSA) is 55.8 Å². The monoisotopic (exact) mass is 289 g/mol. The maximum atomic E-state index is 12.2. The Morgan fingerprint density at radius 2 is 2.00 bits per heavy atom. The molecular weight excluding hydrogens is 270 g/mol. The smallest absolute Gasteiger partial charge is 0.410 e. The van der Waals surface area contributed by atoms with Crippen LogP contribution in [0.4, 0.5) is 4.79 Å². The largest absolute Gasteiger partial charge is 0.449 e. The van der Waals surface area contributed by atoms with Gasteiger partial charge < -0.3 is 14.4 Å². The molecule has 2 aliphatic heterocycles. The number of fused-ring (bicyclic) bond motifs is 2. The summed E-state index contributed by atoms with van der Waals surface area (Å²) >= 11 is 5.41. The molecule has 0 radical (unpaired) electrons. The van der Waals surface area contributed by atoms with Crippen LogP contribution in [0.2, 0.25) is 0 Å². The lowest BCUT2D eigenvalue weighted by Crippen LogP contribution is -2.41. The van der Waals surface area contributed by atoms with Gasteiger partial charge in [0.1, 0.15) is 5.60 Å². The molecule has 0 spiro atoms. The zero-order valence-corrected chi connectivity index (χ0v) is 12.3. The van der Waals surface area contributed by atoms with E-state index in [0.29, 0.717) is 6.42 Å². The molecule has 2 saturated heterocycles. The standard InChI is InChI=1S/C13H20ClNO4/c1-13(2,3)19-12(17)15-8-4-5-10(15)9(6-8)11(16)18-7-14/h8-10H,4-7H2,1-3H3. The van der Waals surface area contributed by atoms with Gasteiger partial charge in [0.2, 0.25) is 0 Å². The average molecular weight is 290 g/mol. The lowest BCUT2D eigenvalue weighted by atomic mass is 9.89. The summed E-state index contributed by atoms with van der Waals surface area (Å²) in [4.78, 5) is 25.7. The van der Waals surface area contributed by atoms with Gasteiger partial charge in [0.25, 0.3) is 0 Å². The molecule has 0 aromatic heterocycles. The molecule has 0 aromatic rings. The molecule has 0 aliphatic carbocycles. The van der Waals surface area contributed by atoms with E-state index in [1.807, 2.05) is 20.8 Å². The van der Waals surface area contributed by atoms with Crippen molar-refractivity contribution in [3.63, 3.8) is 0 Å². The Morgan fingerprint density at radius 3 is 2.58 bits per heavy atom. The van der Waals surface area contributed by atoms with Gasteiger partial charge >= 0.3 is 12.1 Å². The molecule has 2 bridgehead atoms. The zero-order chi connectivity index (χ0) is 14.2. The number of rotatable bonds is 2. The summed E-state index contributed by atoms with van der Waals surface area (Å²) in [6, 6.07) is -0.151. The molecular formula is C13H20ClNO4. The van der Waals surface area contributed by atoms with Gasteiger partial charge in [-0.05, 0) is 40.0 Å². The van der Waals surface area contributed by atoms with Crippen molar-refractivity contribution in [2.24, 2.45) is 5.92 Å². The second-order valence-corrected chi connectivity index (χ2v) is 6.32. The van der Waals surface area contributed by atoms with Gasteiger partial charge in [-0.3, -0.25) is 4.79 Å². The summed E-state index contributed by atoms with van der Waals surface area (Å²) in [5.74, 6) is -0.569. The van der Waals surface area contributed by atoms with Crippen LogP contribution in [0.15, 0.2) is 0 Å². The number of halogens is 1. The summed E-state index contributed by atoms with van der Waals surface area (Å²) in [7, 11) is 0. The Balaban J connectivity index is 2.04. The van der Waals surface area contributed by atoms with Crippen molar-refractivity contribution in [2.45, 2.75) is 57.7 Å². The summed E-state index contributed by atoms with van der Waals surface area (Å²) < 4.78 is 10.3. The third-order valence-corrected chi connectivity index (χ3v) is 3.75. The fraction of sp³-hybridized carbons (Fsp3) is 0.846. The van der Waals surface area contributed by atoms with E-state index in [0.717, 1.165) is 12.8 Å². The van der Waals surface area contributed by atoms with E-state index < -0.39 is 5.60 Å². The Bertz CT molecular complexity index is 379. The fourth-order valence-corrected chi connectivity index (χ4v) is 3.11. The molecule has 0 saturated carbocycles. The van der Waals surface area contributed by atoms with Crippen LogP contribution in [0, 0.1) is 5.92 Å². The Labute approximate surface area is 118 Å². The van der Waals surface area contributed by atoms with E-state index in [2.05, 4.69) is 0 Å². The molecule has 2 heterocycles. The highest BCUT2D eigenvalue weighted by Crippen LogP contribution is 2.42. The van der Waals surface area contributed by atoms with Gasteiger partial charge in [0.15, 0.2) is 6.07 Å². The lowest BCUT2D eigenvalue weighted by Gasteiger charge is -2.27. The first kappa shape index (κ1) is 14.4. The van der Waals surface area contributed by atoms with E-state index in [1.165, 1.54) is 0 Å². The minimum absolute atomic E-state index is 0.0905. The molecule has 3 unspecified atom stereocenters. The highest BCUT2D eigenvalue weighted by molar-refractivity contribution is 6.17. The quantitative estimate of drug-likeness (QED) is 0.579. The van der Waals surface area contributed by atoms with Gasteiger partial charge in [-0.15, -0.1) is 0 Å². The highest BCUT2D eigenvalue weighted by Gasteiger charge is 2.52. The number of esters is 1. The predicted octanol–water partition coefficient (Wildman–Crippen LogP) is 2.51. The van der Waals surface area contributed by atoms with Crippen molar-refractivity contribution < 1.29 is 19.1 Å². The Kier molecular flexibility index (Phi) is 3.95. The molecule has 1 amide bonds. The molecule has 19 heavy (non-hydrogen) atoms. The summed E-state index contributed by atoms with van der Waals surface area (Å²) in [5, 5.41) is 0. The zero-order valence-electron chi connectivity index (χ0n) is 11.5. The molecule has 108 valence electrons. The molecule has 3 atom stereocenters. The maximum absolute atomic E-state index is 12.2. The van der Waals surface area contributed by atoms with Crippen LogP contribution in [-0.2, 0) is 14.3 Å². The van der Waals surface area contributed by atoms with Crippen LogP contribution in [0.25, 0.3) is 0 Å². The summed E-state index contributed by atoms with van der Waals surface area (Å²) in [6.45, 7) is 5.51. The Morgan fingerprint density at radius 1 is 1.32 bits per heavy atom. The minimum Gasteiger partial charge on any atom is -0.449 e. The first-order chi connectivity index (χ1) is 8.83. The van der Waals surface area contributed by atoms with Crippen LogP contribution in [-0.4, -0.2) is 40.7 Å². The molecule has 2 aliphatic rings. The van der Waals surface area contributed by atoms with E-state index in [1.54, 1.807) is 4.90 Å². The molecule has 6 heteroatoms. The number of hydrogen-bond acceptors (Lipinski definition) is 4. The summed E-state index contributed by atoms with van der Waals surface area (Å²) in [6.07, 6.45) is 2.07. The number of ether oxygens (including phenoxy) is 2. The van der Waals surface area contributed by atoms with Crippen LogP contribution in [0.3, 0.4) is 0 Å². The van der Waals surface area contributed by atoms with E-state index in [-0.39, 0.29) is 36.1 Å². The number of alkyl halides is 1. The third-order valence-electron chi connectivity index (χ3n) is 3.64. The predicted molar refractivity (Wildman–Crippen MR) is 69.8 cm³/mol. The normalized spacial score (nSPS) is 29.5. The average Bonchev–Trinajstić information content (AvgIpc) is 2.83. The van der Waals surface area contributed by atoms with Gasteiger partial charge in [0, 0.05) is 12.1 Å². The second-order valence-electron chi connectivity index (χ2n) is 6.10. The van der Waals surface area contributed by atoms with E-state index in [9.17, 15) is 9.59 Å². The minimum atomic E-state index is -0.523. The Hall–Kier alpha value is -0.970. The van der Waals surface area contributed by atoms with Crippen molar-refractivity contribution in [1.29, 1.82) is 0 Å². The summed E-state index contributed by atoms with van der Waals surface area (Å²) in [5.41, 5.74) is -0.523. The number of carbonyl (C=O) groups is 2. The van der Waals surface area contributed by atoms with Gasteiger partial charge in [-0.2, -0.15) is 0 Å². The molecule has 0 aromatic carbocycles. The highest BCUT2D eigenvalue weighted by atomic mass is 35.5. The van der Waals surface area contributed by atoms with Crippen LogP contribution < -0.4 is 0 Å². The van der Waals surface area contributed by atoms with Crippen LogP contribution in [0.5, 0.6) is 0 Å².